The Hall–Kier alpha value is -2.31. The zero-order valence-electron chi connectivity index (χ0n) is 16.6. The van der Waals surface area contributed by atoms with Crippen molar-refractivity contribution in [2.24, 2.45) is 0 Å². The van der Waals surface area contributed by atoms with Crippen LogP contribution in [0.1, 0.15) is 38.7 Å². The summed E-state index contributed by atoms with van der Waals surface area (Å²) in [6.07, 6.45) is 0.845. The highest BCUT2D eigenvalue weighted by atomic mass is 35.5. The van der Waals surface area contributed by atoms with Gasteiger partial charge in [-0.05, 0) is 31.9 Å². The first kappa shape index (κ1) is 22.0. The number of nitrogens with one attached hydrogen (secondary N) is 1. The van der Waals surface area contributed by atoms with E-state index in [1.165, 1.54) is 7.11 Å². The van der Waals surface area contributed by atoms with Gasteiger partial charge in [0.15, 0.2) is 0 Å². The summed E-state index contributed by atoms with van der Waals surface area (Å²) in [5.74, 6) is -1.78. The van der Waals surface area contributed by atoms with Crippen LogP contribution in [0.25, 0.3) is 0 Å². The Labute approximate surface area is 170 Å². The van der Waals surface area contributed by atoms with E-state index in [0.717, 1.165) is 6.42 Å². The molecule has 1 heterocycles. The van der Waals surface area contributed by atoms with Crippen LogP contribution < -0.4 is 5.32 Å². The van der Waals surface area contributed by atoms with Crippen molar-refractivity contribution >= 4 is 23.5 Å². The van der Waals surface area contributed by atoms with Crippen molar-refractivity contribution in [1.82, 2.24) is 5.32 Å². The molecule has 7 heteroatoms. The van der Waals surface area contributed by atoms with Crippen LogP contribution in [0, 0.1) is 0 Å². The second-order valence-electron chi connectivity index (χ2n) is 6.28. The van der Waals surface area contributed by atoms with Crippen molar-refractivity contribution in [1.29, 1.82) is 0 Å². The normalized spacial score (nSPS) is 16.7. The molecule has 0 aliphatic carbocycles. The number of ether oxygens (including phenoxy) is 3. The summed E-state index contributed by atoms with van der Waals surface area (Å²) >= 11 is 6.44. The third kappa shape index (κ3) is 4.75. The molecule has 28 heavy (non-hydrogen) atoms. The van der Waals surface area contributed by atoms with Crippen LogP contribution >= 0.6 is 11.6 Å². The van der Waals surface area contributed by atoms with Crippen molar-refractivity contribution < 1.29 is 23.8 Å². The van der Waals surface area contributed by atoms with Gasteiger partial charge in [0.05, 0.1) is 43.1 Å². The third-order valence-corrected chi connectivity index (χ3v) is 4.70. The van der Waals surface area contributed by atoms with Crippen LogP contribution in [0.15, 0.2) is 46.8 Å². The molecule has 1 N–H and O–H groups in total. The monoisotopic (exact) mass is 407 g/mol. The number of hydrogen-bond acceptors (Lipinski definition) is 6. The molecule has 2 rings (SSSR count). The van der Waals surface area contributed by atoms with E-state index in [0.29, 0.717) is 39.7 Å². The highest BCUT2D eigenvalue weighted by molar-refractivity contribution is 6.31. The van der Waals surface area contributed by atoms with Gasteiger partial charge in [0.25, 0.3) is 0 Å². The fraction of sp³-hybridized carbons (Fsp3) is 0.429. The molecule has 1 aliphatic heterocycles. The van der Waals surface area contributed by atoms with E-state index in [1.54, 1.807) is 32.0 Å². The minimum absolute atomic E-state index is 0.189. The predicted molar refractivity (Wildman–Crippen MR) is 107 cm³/mol. The van der Waals surface area contributed by atoms with Gasteiger partial charge < -0.3 is 19.5 Å². The maximum Gasteiger partial charge on any atom is 0.336 e. The molecule has 1 aromatic carbocycles. The van der Waals surface area contributed by atoms with E-state index in [4.69, 9.17) is 25.8 Å². The summed E-state index contributed by atoms with van der Waals surface area (Å²) in [6.45, 7) is 6.44. The van der Waals surface area contributed by atoms with Crippen LogP contribution in [-0.2, 0) is 23.8 Å². The van der Waals surface area contributed by atoms with Crippen molar-refractivity contribution in [3.05, 3.63) is 57.4 Å². The number of rotatable bonds is 8. The van der Waals surface area contributed by atoms with Crippen molar-refractivity contribution in [2.45, 2.75) is 33.1 Å². The van der Waals surface area contributed by atoms with Gasteiger partial charge in [-0.2, -0.15) is 0 Å². The van der Waals surface area contributed by atoms with E-state index in [9.17, 15) is 9.59 Å². The van der Waals surface area contributed by atoms with E-state index in [1.807, 2.05) is 13.0 Å². The molecule has 0 spiro atoms. The summed E-state index contributed by atoms with van der Waals surface area (Å²) < 4.78 is 15.9. The molecule has 0 aromatic heterocycles. The largest absolute Gasteiger partial charge is 0.466 e. The third-order valence-electron chi connectivity index (χ3n) is 4.36. The standard InChI is InChI=1S/C21H26ClNO5/c1-5-11-27-12-16-19(21(25)28-6-2)18(14-9-7-8-10-15(14)22)17(13(3)23-16)20(24)26-4/h7-10,18,23H,5-6,11-12H2,1-4H3/t18-/m0/s1. The van der Waals surface area contributed by atoms with Crippen LogP contribution in [0.5, 0.6) is 0 Å². The fourth-order valence-corrected chi connectivity index (χ4v) is 3.42. The highest BCUT2D eigenvalue weighted by Gasteiger charge is 2.39. The van der Waals surface area contributed by atoms with Gasteiger partial charge in [0.2, 0.25) is 0 Å². The Balaban J connectivity index is 2.67. The molecule has 0 saturated carbocycles. The molecule has 0 bridgehead atoms. The van der Waals surface area contributed by atoms with Gasteiger partial charge in [-0.25, -0.2) is 9.59 Å². The van der Waals surface area contributed by atoms with E-state index >= 15 is 0 Å². The Bertz CT molecular complexity index is 800. The first-order valence-electron chi connectivity index (χ1n) is 9.24. The SMILES string of the molecule is CCCOCC1=C(C(=O)OCC)[C@@H](c2ccccc2Cl)C(C(=O)OC)=C(C)N1. The zero-order chi connectivity index (χ0) is 20.7. The number of esters is 2. The lowest BCUT2D eigenvalue weighted by Crippen LogP contribution is -2.34. The Morgan fingerprint density at radius 1 is 1.14 bits per heavy atom. The quantitative estimate of drug-likeness (QED) is 0.523. The van der Waals surface area contributed by atoms with E-state index in [-0.39, 0.29) is 13.2 Å². The molecular weight excluding hydrogens is 382 g/mol. The van der Waals surface area contributed by atoms with Gasteiger partial charge in [-0.1, -0.05) is 36.7 Å². The van der Waals surface area contributed by atoms with Gasteiger partial charge >= 0.3 is 11.9 Å². The van der Waals surface area contributed by atoms with E-state index in [2.05, 4.69) is 5.32 Å². The average Bonchev–Trinajstić information content (AvgIpc) is 2.67. The summed E-state index contributed by atoms with van der Waals surface area (Å²) in [5.41, 5.74) is 2.39. The van der Waals surface area contributed by atoms with Crippen molar-refractivity contribution in [3.8, 4) is 0 Å². The summed E-state index contributed by atoms with van der Waals surface area (Å²) in [5, 5.41) is 3.58. The number of hydrogen-bond donors (Lipinski definition) is 1. The lowest BCUT2D eigenvalue weighted by Gasteiger charge is -2.31. The molecule has 1 aliphatic rings. The van der Waals surface area contributed by atoms with Gasteiger partial charge in [0, 0.05) is 17.3 Å². The molecule has 1 aromatic rings. The topological polar surface area (TPSA) is 73.9 Å². The van der Waals surface area contributed by atoms with Crippen LogP contribution in [0.2, 0.25) is 5.02 Å². The molecule has 152 valence electrons. The van der Waals surface area contributed by atoms with Crippen molar-refractivity contribution in [3.63, 3.8) is 0 Å². The van der Waals surface area contributed by atoms with Gasteiger partial charge in [0.1, 0.15) is 0 Å². The second-order valence-corrected chi connectivity index (χ2v) is 6.68. The predicted octanol–water partition coefficient (Wildman–Crippen LogP) is 3.72. The number of carbonyl (C=O) groups is 2. The number of carbonyl (C=O) groups excluding carboxylic acids is 2. The molecule has 6 nitrogen and oxygen atoms in total. The number of benzene rings is 1. The van der Waals surface area contributed by atoms with Gasteiger partial charge in [-0.3, -0.25) is 0 Å². The minimum atomic E-state index is -0.721. The van der Waals surface area contributed by atoms with Crippen molar-refractivity contribution in [2.75, 3.05) is 26.9 Å². The fourth-order valence-electron chi connectivity index (χ4n) is 3.18. The molecule has 1 atom stereocenters. The lowest BCUT2D eigenvalue weighted by atomic mass is 9.80. The maximum absolute atomic E-state index is 12.9. The summed E-state index contributed by atoms with van der Waals surface area (Å²) in [4.78, 5) is 25.5. The molecule has 0 unspecified atom stereocenters. The van der Waals surface area contributed by atoms with Crippen LogP contribution in [0.3, 0.4) is 0 Å². The van der Waals surface area contributed by atoms with Crippen LogP contribution in [0.4, 0.5) is 0 Å². The molecule has 0 radical (unpaired) electrons. The number of halogens is 1. The summed E-state index contributed by atoms with van der Waals surface area (Å²) in [7, 11) is 1.31. The highest BCUT2D eigenvalue weighted by Crippen LogP contribution is 2.41. The smallest absolute Gasteiger partial charge is 0.336 e. The molecule has 0 amide bonds. The number of methoxy groups -OCH3 is 1. The number of allylic oxidation sites excluding steroid dienone is 1. The van der Waals surface area contributed by atoms with Gasteiger partial charge in [-0.15, -0.1) is 0 Å². The molecular formula is C21H26ClNO5. The Morgan fingerprint density at radius 3 is 2.46 bits per heavy atom. The Morgan fingerprint density at radius 2 is 1.86 bits per heavy atom. The second kappa shape index (κ2) is 10.3. The number of dihydropyridines is 1. The first-order chi connectivity index (χ1) is 13.5. The zero-order valence-corrected chi connectivity index (χ0v) is 17.4. The lowest BCUT2D eigenvalue weighted by molar-refractivity contribution is -0.139. The average molecular weight is 408 g/mol. The van der Waals surface area contributed by atoms with Crippen LogP contribution in [-0.4, -0.2) is 38.9 Å². The summed E-state index contributed by atoms with van der Waals surface area (Å²) in [6, 6.07) is 7.11. The minimum Gasteiger partial charge on any atom is -0.466 e. The van der Waals surface area contributed by atoms with E-state index < -0.39 is 17.9 Å². The molecule has 0 saturated heterocycles. The Kier molecular flexibility index (Phi) is 8.08. The maximum atomic E-state index is 12.9. The molecule has 0 fully saturated rings. The first-order valence-corrected chi connectivity index (χ1v) is 9.62.